The molecule has 0 aliphatic carbocycles. The van der Waals surface area contributed by atoms with E-state index in [-0.39, 0.29) is 23.4 Å². The molecule has 4 rings (SSSR count). The number of aromatic nitrogens is 2. The van der Waals surface area contributed by atoms with Gasteiger partial charge in [0.05, 0.1) is 31.0 Å². The smallest absolute Gasteiger partial charge is 0.316 e. The van der Waals surface area contributed by atoms with Gasteiger partial charge in [0.25, 0.3) is 5.56 Å². The number of fused-ring (bicyclic) bond motifs is 3. The van der Waals surface area contributed by atoms with Crippen LogP contribution in [0.5, 0.6) is 0 Å². The van der Waals surface area contributed by atoms with E-state index in [1.165, 1.54) is 30.2 Å². The molecule has 31 heavy (non-hydrogen) atoms. The second-order valence-corrected chi connectivity index (χ2v) is 9.96. The second-order valence-electron chi connectivity index (χ2n) is 7.93. The molecule has 0 saturated carbocycles. The van der Waals surface area contributed by atoms with E-state index in [2.05, 4.69) is 26.0 Å². The molecule has 3 aromatic rings. The molecule has 0 unspecified atom stereocenters. The SMILES string of the molecule is COC(=O)CSc1nc2sc3c(c2c(=O)n1CCc1ccccc1)C[C@@H](C(C)C)OC3. The van der Waals surface area contributed by atoms with Crippen molar-refractivity contribution in [1.82, 2.24) is 9.55 Å². The molecule has 2 aromatic heterocycles. The van der Waals surface area contributed by atoms with E-state index in [0.29, 0.717) is 36.0 Å². The number of thioether (sulfide) groups is 1. The van der Waals surface area contributed by atoms with Crippen LogP contribution in [-0.2, 0) is 40.3 Å². The first-order valence-electron chi connectivity index (χ1n) is 10.4. The predicted octanol–water partition coefficient (Wildman–Crippen LogP) is 4.06. The fourth-order valence-corrected chi connectivity index (χ4v) is 5.77. The minimum Gasteiger partial charge on any atom is -0.468 e. The van der Waals surface area contributed by atoms with Crippen molar-refractivity contribution in [3.63, 3.8) is 0 Å². The highest BCUT2D eigenvalue weighted by atomic mass is 32.2. The molecule has 3 heterocycles. The van der Waals surface area contributed by atoms with Crippen LogP contribution >= 0.6 is 23.1 Å². The molecule has 1 aromatic carbocycles. The van der Waals surface area contributed by atoms with Crippen molar-refractivity contribution in [3.8, 4) is 0 Å². The normalized spacial score (nSPS) is 15.9. The Labute approximate surface area is 189 Å². The molecular formula is C23H26N2O4S2. The minimum absolute atomic E-state index is 0.0322. The molecule has 8 heteroatoms. The molecule has 0 N–H and O–H groups in total. The Morgan fingerprint density at radius 3 is 2.84 bits per heavy atom. The Bertz CT molecular complexity index is 1140. The Hall–Kier alpha value is -2.16. The first-order chi connectivity index (χ1) is 15.0. The van der Waals surface area contributed by atoms with Crippen molar-refractivity contribution in [2.24, 2.45) is 5.92 Å². The van der Waals surface area contributed by atoms with Crippen LogP contribution in [0.1, 0.15) is 29.9 Å². The topological polar surface area (TPSA) is 70.4 Å². The first kappa shape index (κ1) is 22.0. The first-order valence-corrected chi connectivity index (χ1v) is 12.2. The summed E-state index contributed by atoms with van der Waals surface area (Å²) in [4.78, 5) is 32.0. The third kappa shape index (κ3) is 4.71. The highest BCUT2D eigenvalue weighted by Crippen LogP contribution is 2.35. The Balaban J connectivity index is 1.75. The number of aryl methyl sites for hydroxylation is 1. The quantitative estimate of drug-likeness (QED) is 0.302. The standard InChI is InChI=1S/C23H26N2O4S2/c1-14(2)17-11-16-18(12-29-17)31-21-20(16)22(27)25(10-9-15-7-5-4-6-8-15)23(24-21)30-13-19(26)28-3/h4-8,14,17H,9-13H2,1-3H3/t17-/m0/s1. The van der Waals surface area contributed by atoms with E-state index in [0.717, 1.165) is 27.3 Å². The fourth-order valence-electron chi connectivity index (χ4n) is 3.74. The number of methoxy groups -OCH3 is 1. The number of esters is 1. The lowest BCUT2D eigenvalue weighted by atomic mass is 9.96. The van der Waals surface area contributed by atoms with Gasteiger partial charge in [0.2, 0.25) is 0 Å². The zero-order valence-corrected chi connectivity index (χ0v) is 19.6. The minimum atomic E-state index is -0.340. The number of hydrogen-bond acceptors (Lipinski definition) is 7. The molecule has 1 aliphatic heterocycles. The van der Waals surface area contributed by atoms with Gasteiger partial charge in [-0.25, -0.2) is 4.98 Å². The molecule has 0 fully saturated rings. The van der Waals surface area contributed by atoms with Gasteiger partial charge in [0.15, 0.2) is 5.16 Å². The van der Waals surface area contributed by atoms with E-state index in [1.807, 2.05) is 18.2 Å². The van der Waals surface area contributed by atoms with Crippen LogP contribution in [0.25, 0.3) is 10.2 Å². The van der Waals surface area contributed by atoms with Gasteiger partial charge in [0, 0.05) is 17.8 Å². The summed E-state index contributed by atoms with van der Waals surface area (Å²) >= 11 is 2.77. The summed E-state index contributed by atoms with van der Waals surface area (Å²) in [5.41, 5.74) is 2.20. The highest BCUT2D eigenvalue weighted by molar-refractivity contribution is 7.99. The molecule has 0 saturated heterocycles. The monoisotopic (exact) mass is 458 g/mol. The van der Waals surface area contributed by atoms with Crippen LogP contribution in [0.3, 0.4) is 0 Å². The van der Waals surface area contributed by atoms with E-state index < -0.39 is 0 Å². The zero-order valence-electron chi connectivity index (χ0n) is 17.9. The molecule has 1 aliphatic rings. The summed E-state index contributed by atoms with van der Waals surface area (Å²) in [6.07, 6.45) is 1.55. The molecule has 164 valence electrons. The summed E-state index contributed by atoms with van der Waals surface area (Å²) in [6, 6.07) is 10.1. The van der Waals surface area contributed by atoms with Crippen LogP contribution in [0.4, 0.5) is 0 Å². The Kier molecular flexibility index (Phi) is 6.79. The molecular weight excluding hydrogens is 432 g/mol. The van der Waals surface area contributed by atoms with E-state index in [4.69, 9.17) is 14.5 Å². The van der Waals surface area contributed by atoms with Gasteiger partial charge in [-0.05, 0) is 23.5 Å². The maximum absolute atomic E-state index is 13.7. The number of benzene rings is 1. The van der Waals surface area contributed by atoms with Crippen molar-refractivity contribution in [2.45, 2.75) is 51.1 Å². The van der Waals surface area contributed by atoms with E-state index in [1.54, 1.807) is 4.57 Å². The lowest BCUT2D eigenvalue weighted by Crippen LogP contribution is -2.29. The van der Waals surface area contributed by atoms with Crippen molar-refractivity contribution in [2.75, 3.05) is 12.9 Å². The van der Waals surface area contributed by atoms with E-state index >= 15 is 0 Å². The molecule has 0 radical (unpaired) electrons. The van der Waals surface area contributed by atoms with Gasteiger partial charge in [-0.2, -0.15) is 0 Å². The number of carbonyl (C=O) groups is 1. The third-order valence-electron chi connectivity index (χ3n) is 5.55. The average Bonchev–Trinajstić information content (AvgIpc) is 3.15. The van der Waals surface area contributed by atoms with Crippen molar-refractivity contribution in [3.05, 3.63) is 56.7 Å². The number of rotatable bonds is 7. The summed E-state index contributed by atoms with van der Waals surface area (Å²) in [7, 11) is 1.36. The van der Waals surface area contributed by atoms with Gasteiger partial charge >= 0.3 is 5.97 Å². The van der Waals surface area contributed by atoms with Crippen LogP contribution in [0, 0.1) is 5.92 Å². The lowest BCUT2D eigenvalue weighted by Gasteiger charge is -2.26. The number of ether oxygens (including phenoxy) is 2. The zero-order chi connectivity index (χ0) is 22.0. The number of carbonyl (C=O) groups excluding carboxylic acids is 1. The summed E-state index contributed by atoms with van der Waals surface area (Å²) in [6.45, 7) is 5.31. The molecule has 0 bridgehead atoms. The highest BCUT2D eigenvalue weighted by Gasteiger charge is 2.28. The second kappa shape index (κ2) is 9.54. The third-order valence-corrected chi connectivity index (χ3v) is 7.60. The van der Waals surface area contributed by atoms with Gasteiger partial charge in [-0.15, -0.1) is 11.3 Å². The molecule has 1 atom stereocenters. The van der Waals surface area contributed by atoms with Gasteiger partial charge in [-0.1, -0.05) is 55.9 Å². The van der Waals surface area contributed by atoms with Gasteiger partial charge < -0.3 is 9.47 Å². The van der Waals surface area contributed by atoms with Crippen molar-refractivity contribution in [1.29, 1.82) is 0 Å². The van der Waals surface area contributed by atoms with Crippen LogP contribution in [0.15, 0.2) is 40.3 Å². The maximum Gasteiger partial charge on any atom is 0.316 e. The largest absolute Gasteiger partial charge is 0.468 e. The summed E-state index contributed by atoms with van der Waals surface area (Å²) < 4.78 is 12.5. The summed E-state index contributed by atoms with van der Waals surface area (Å²) in [5.74, 6) is 0.155. The van der Waals surface area contributed by atoms with Crippen LogP contribution in [0.2, 0.25) is 0 Å². The summed E-state index contributed by atoms with van der Waals surface area (Å²) in [5, 5.41) is 1.27. The Morgan fingerprint density at radius 2 is 2.13 bits per heavy atom. The number of nitrogens with zero attached hydrogens (tertiary/aromatic N) is 2. The molecule has 6 nitrogen and oxygen atoms in total. The number of thiophene rings is 1. The molecule has 0 amide bonds. The van der Waals surface area contributed by atoms with Crippen LogP contribution in [-0.4, -0.2) is 34.5 Å². The lowest BCUT2D eigenvalue weighted by molar-refractivity contribution is -0.137. The average molecular weight is 459 g/mol. The fraction of sp³-hybridized carbons (Fsp3) is 0.435. The van der Waals surface area contributed by atoms with Crippen LogP contribution < -0.4 is 5.56 Å². The van der Waals surface area contributed by atoms with Crippen molar-refractivity contribution >= 4 is 39.3 Å². The van der Waals surface area contributed by atoms with Gasteiger partial charge in [0.1, 0.15) is 4.83 Å². The van der Waals surface area contributed by atoms with E-state index in [9.17, 15) is 9.59 Å². The maximum atomic E-state index is 13.7. The predicted molar refractivity (Wildman–Crippen MR) is 124 cm³/mol. The van der Waals surface area contributed by atoms with Crippen molar-refractivity contribution < 1.29 is 14.3 Å². The molecule has 0 spiro atoms. The van der Waals surface area contributed by atoms with Gasteiger partial charge in [-0.3, -0.25) is 14.2 Å². The Morgan fingerprint density at radius 1 is 1.35 bits per heavy atom. The number of hydrogen-bond donors (Lipinski definition) is 0.